The molecule has 0 fully saturated rings. The van der Waals surface area contributed by atoms with E-state index in [1.54, 1.807) is 0 Å². The van der Waals surface area contributed by atoms with Crippen LogP contribution in [0.2, 0.25) is 18.1 Å². The van der Waals surface area contributed by atoms with Crippen molar-refractivity contribution in [2.24, 2.45) is 0 Å². The molecule has 0 aliphatic rings. The van der Waals surface area contributed by atoms with Crippen LogP contribution in [0, 0.1) is 11.3 Å². The maximum Gasteiger partial charge on any atom is 0.0765 e. The monoisotopic (exact) mass is 181 g/mol. The first kappa shape index (κ1) is 11.4. The van der Waals surface area contributed by atoms with Gasteiger partial charge in [-0.05, 0) is 6.42 Å². The standard InChI is InChI=1S/C10H19NSi/c1-4-12(5-2,6-3)10-8-7-9-11/h4H,1,5-8,10H2,2-3H3. The molecule has 0 amide bonds. The fraction of sp³-hybridized carbons (Fsp3) is 0.700. The molecule has 0 heterocycles. The van der Waals surface area contributed by atoms with Gasteiger partial charge in [0.2, 0.25) is 0 Å². The van der Waals surface area contributed by atoms with E-state index in [1.807, 2.05) is 0 Å². The Morgan fingerprint density at radius 2 is 2.00 bits per heavy atom. The van der Waals surface area contributed by atoms with Gasteiger partial charge < -0.3 is 0 Å². The lowest BCUT2D eigenvalue weighted by molar-refractivity contribution is 0.932. The van der Waals surface area contributed by atoms with Crippen LogP contribution in [-0.2, 0) is 0 Å². The van der Waals surface area contributed by atoms with Crippen LogP contribution in [-0.4, -0.2) is 8.07 Å². The molecule has 0 rings (SSSR count). The van der Waals surface area contributed by atoms with Gasteiger partial charge in [0.25, 0.3) is 0 Å². The van der Waals surface area contributed by atoms with Crippen LogP contribution in [0.1, 0.15) is 26.7 Å². The van der Waals surface area contributed by atoms with Gasteiger partial charge in [-0.3, -0.25) is 0 Å². The number of hydrogen-bond donors (Lipinski definition) is 0. The van der Waals surface area contributed by atoms with Crippen LogP contribution in [0.25, 0.3) is 0 Å². The second-order valence-electron chi connectivity index (χ2n) is 3.29. The number of unbranched alkanes of at least 4 members (excludes halogenated alkanes) is 1. The van der Waals surface area contributed by atoms with Gasteiger partial charge in [-0.2, -0.15) is 5.26 Å². The van der Waals surface area contributed by atoms with Crippen molar-refractivity contribution in [2.45, 2.75) is 44.8 Å². The highest BCUT2D eigenvalue weighted by Crippen LogP contribution is 2.23. The average molecular weight is 181 g/mol. The number of hydrogen-bond acceptors (Lipinski definition) is 1. The van der Waals surface area contributed by atoms with E-state index in [0.29, 0.717) is 6.42 Å². The summed E-state index contributed by atoms with van der Waals surface area (Å²) in [6, 6.07) is 6.00. The van der Waals surface area contributed by atoms with Crippen molar-refractivity contribution in [1.82, 2.24) is 0 Å². The molecule has 68 valence electrons. The molecule has 0 aliphatic heterocycles. The van der Waals surface area contributed by atoms with Gasteiger partial charge in [-0.25, -0.2) is 0 Å². The lowest BCUT2D eigenvalue weighted by atomic mass is 10.4. The Hall–Kier alpha value is -0.553. The van der Waals surface area contributed by atoms with Crippen molar-refractivity contribution >= 4 is 8.07 Å². The predicted octanol–water partition coefficient (Wildman–Crippen LogP) is 3.50. The SMILES string of the molecule is C=C[Si](CC)(CC)CCCC#N. The first-order valence-corrected chi connectivity index (χ1v) is 7.45. The summed E-state index contributed by atoms with van der Waals surface area (Å²) in [5.41, 5.74) is 2.20. The molecule has 0 N–H and O–H groups in total. The van der Waals surface area contributed by atoms with Crippen molar-refractivity contribution in [1.29, 1.82) is 5.26 Å². The molecule has 2 heteroatoms. The van der Waals surface area contributed by atoms with E-state index in [0.717, 1.165) is 6.42 Å². The molecule has 0 aliphatic carbocycles. The van der Waals surface area contributed by atoms with Crippen LogP contribution >= 0.6 is 0 Å². The molecular weight excluding hydrogens is 162 g/mol. The third-order valence-electron chi connectivity index (χ3n) is 2.80. The minimum atomic E-state index is -1.14. The van der Waals surface area contributed by atoms with E-state index in [4.69, 9.17) is 5.26 Å². The van der Waals surface area contributed by atoms with Gasteiger partial charge in [0.05, 0.1) is 14.1 Å². The van der Waals surface area contributed by atoms with Gasteiger partial charge in [-0.15, -0.1) is 12.3 Å². The number of nitrogens with zero attached hydrogens (tertiary/aromatic N) is 1. The van der Waals surface area contributed by atoms with E-state index < -0.39 is 8.07 Å². The molecule has 0 atom stereocenters. The maximum atomic E-state index is 8.42. The number of nitriles is 1. The Kier molecular flexibility index (Phi) is 5.74. The third kappa shape index (κ3) is 3.23. The second kappa shape index (κ2) is 6.02. The molecule has 0 unspecified atom stereocenters. The van der Waals surface area contributed by atoms with E-state index in [-0.39, 0.29) is 0 Å². The summed E-state index contributed by atoms with van der Waals surface area (Å²) in [5, 5.41) is 8.42. The third-order valence-corrected chi connectivity index (χ3v) is 7.84. The zero-order valence-corrected chi connectivity index (χ0v) is 9.27. The molecule has 0 radical (unpaired) electrons. The van der Waals surface area contributed by atoms with Crippen molar-refractivity contribution < 1.29 is 0 Å². The molecular formula is C10H19NSi. The van der Waals surface area contributed by atoms with Crippen LogP contribution in [0.3, 0.4) is 0 Å². The fourth-order valence-electron chi connectivity index (χ4n) is 1.51. The van der Waals surface area contributed by atoms with Crippen molar-refractivity contribution in [2.75, 3.05) is 0 Å². The fourth-order valence-corrected chi connectivity index (χ4v) is 4.38. The second-order valence-corrected chi connectivity index (χ2v) is 8.33. The van der Waals surface area contributed by atoms with Crippen molar-refractivity contribution in [3.8, 4) is 6.07 Å². The summed E-state index contributed by atoms with van der Waals surface area (Å²) < 4.78 is 0. The zero-order valence-electron chi connectivity index (χ0n) is 8.27. The van der Waals surface area contributed by atoms with E-state index in [2.05, 4.69) is 32.2 Å². The highest BCUT2D eigenvalue weighted by molar-refractivity contribution is 6.84. The molecule has 0 aromatic heterocycles. The summed E-state index contributed by atoms with van der Waals surface area (Å²) in [7, 11) is -1.14. The Morgan fingerprint density at radius 3 is 2.33 bits per heavy atom. The van der Waals surface area contributed by atoms with Crippen LogP contribution in [0.4, 0.5) is 0 Å². The van der Waals surface area contributed by atoms with Gasteiger partial charge in [-0.1, -0.05) is 32.0 Å². The molecule has 0 bridgehead atoms. The highest BCUT2D eigenvalue weighted by Gasteiger charge is 2.23. The molecule has 12 heavy (non-hydrogen) atoms. The van der Waals surface area contributed by atoms with Crippen LogP contribution in [0.5, 0.6) is 0 Å². The van der Waals surface area contributed by atoms with Crippen molar-refractivity contribution in [3.05, 3.63) is 12.3 Å². The molecule has 0 aromatic carbocycles. The van der Waals surface area contributed by atoms with E-state index in [1.165, 1.54) is 18.1 Å². The first-order chi connectivity index (χ1) is 5.74. The van der Waals surface area contributed by atoms with Gasteiger partial charge in [0.15, 0.2) is 0 Å². The molecule has 0 spiro atoms. The Bertz CT molecular complexity index is 165. The van der Waals surface area contributed by atoms with Crippen LogP contribution in [0.15, 0.2) is 12.3 Å². The van der Waals surface area contributed by atoms with Gasteiger partial charge >= 0.3 is 0 Å². The highest BCUT2D eigenvalue weighted by atomic mass is 28.3. The lowest BCUT2D eigenvalue weighted by Crippen LogP contribution is -2.29. The summed E-state index contributed by atoms with van der Waals surface area (Å²) in [5.74, 6) is 0. The molecule has 0 aromatic rings. The Balaban J connectivity index is 3.95. The largest absolute Gasteiger partial charge is 0.198 e. The summed E-state index contributed by atoms with van der Waals surface area (Å²) in [6.45, 7) is 8.44. The Labute approximate surface area is 77.1 Å². The van der Waals surface area contributed by atoms with Crippen LogP contribution < -0.4 is 0 Å². The van der Waals surface area contributed by atoms with Gasteiger partial charge in [0.1, 0.15) is 0 Å². The van der Waals surface area contributed by atoms with Crippen molar-refractivity contribution in [3.63, 3.8) is 0 Å². The maximum absolute atomic E-state index is 8.42. The average Bonchev–Trinajstić information content (AvgIpc) is 2.14. The lowest BCUT2D eigenvalue weighted by Gasteiger charge is -2.24. The van der Waals surface area contributed by atoms with Gasteiger partial charge in [0, 0.05) is 6.42 Å². The number of rotatable bonds is 6. The van der Waals surface area contributed by atoms with E-state index >= 15 is 0 Å². The predicted molar refractivity (Wildman–Crippen MR) is 56.6 cm³/mol. The minimum Gasteiger partial charge on any atom is -0.198 e. The summed E-state index contributed by atoms with van der Waals surface area (Å²) in [6.07, 6.45) is 1.78. The van der Waals surface area contributed by atoms with E-state index in [9.17, 15) is 0 Å². The topological polar surface area (TPSA) is 23.8 Å². The first-order valence-electron chi connectivity index (χ1n) is 4.75. The zero-order chi connectivity index (χ0) is 9.45. The quantitative estimate of drug-likeness (QED) is 0.454. The normalized spacial score (nSPS) is 10.8. The molecule has 0 saturated heterocycles. The summed E-state index contributed by atoms with van der Waals surface area (Å²) in [4.78, 5) is 0. The molecule has 0 saturated carbocycles. The smallest absolute Gasteiger partial charge is 0.0765 e. The minimum absolute atomic E-state index is 0.711. The molecule has 1 nitrogen and oxygen atoms in total. The summed E-state index contributed by atoms with van der Waals surface area (Å²) >= 11 is 0. The Morgan fingerprint density at radius 1 is 1.42 bits per heavy atom.